The second-order valence-electron chi connectivity index (χ2n) is 4.66. The Morgan fingerprint density at radius 2 is 2.09 bits per heavy atom. The van der Waals surface area contributed by atoms with Gasteiger partial charge in [-0.25, -0.2) is 4.39 Å². The molecule has 0 amide bonds. The number of hydrogen-bond acceptors (Lipinski definition) is 3. The number of aryl methyl sites for hydroxylation is 1. The van der Waals surface area contributed by atoms with E-state index in [9.17, 15) is 4.39 Å². The highest BCUT2D eigenvalue weighted by Crippen LogP contribution is 2.20. The molecule has 1 aromatic heterocycles. The van der Waals surface area contributed by atoms with Crippen molar-refractivity contribution in [2.75, 3.05) is 19.3 Å². The van der Waals surface area contributed by atoms with Crippen molar-refractivity contribution >= 4 is 29.1 Å². The van der Waals surface area contributed by atoms with E-state index in [2.05, 4.69) is 34.0 Å². The van der Waals surface area contributed by atoms with Crippen molar-refractivity contribution in [2.24, 2.45) is 4.99 Å². The summed E-state index contributed by atoms with van der Waals surface area (Å²) in [6, 6.07) is 8.95. The molecular weight excluding hydrogens is 317 g/mol. The van der Waals surface area contributed by atoms with E-state index in [4.69, 9.17) is 0 Å². The molecule has 0 aliphatic carbocycles. The van der Waals surface area contributed by atoms with Crippen LogP contribution >= 0.6 is 23.1 Å². The van der Waals surface area contributed by atoms with Gasteiger partial charge >= 0.3 is 0 Å². The molecule has 0 saturated heterocycles. The third kappa shape index (κ3) is 5.03. The van der Waals surface area contributed by atoms with Crippen LogP contribution in [-0.2, 0) is 6.54 Å². The number of nitrogens with zero attached hydrogens (tertiary/aromatic N) is 1. The van der Waals surface area contributed by atoms with Gasteiger partial charge in [0.15, 0.2) is 5.96 Å². The number of benzene rings is 1. The zero-order valence-corrected chi connectivity index (χ0v) is 14.4. The van der Waals surface area contributed by atoms with Crippen LogP contribution in [0.1, 0.15) is 10.4 Å². The molecule has 0 bridgehead atoms. The molecule has 6 heteroatoms. The number of hydrogen-bond donors (Lipinski definition) is 2. The fourth-order valence-corrected chi connectivity index (χ4v) is 3.51. The van der Waals surface area contributed by atoms with E-state index in [1.807, 2.05) is 6.07 Å². The molecule has 1 aromatic carbocycles. The van der Waals surface area contributed by atoms with Crippen LogP contribution in [0.25, 0.3) is 0 Å². The lowest BCUT2D eigenvalue weighted by molar-refractivity contribution is 0.602. The van der Waals surface area contributed by atoms with Gasteiger partial charge in [-0.1, -0.05) is 12.1 Å². The van der Waals surface area contributed by atoms with Crippen LogP contribution in [-0.4, -0.2) is 25.3 Å². The molecule has 0 aliphatic heterocycles. The van der Waals surface area contributed by atoms with Gasteiger partial charge in [0.1, 0.15) is 5.82 Å². The molecule has 0 atom stereocenters. The lowest BCUT2D eigenvalue weighted by Crippen LogP contribution is -2.37. The summed E-state index contributed by atoms with van der Waals surface area (Å²) >= 11 is 3.24. The van der Waals surface area contributed by atoms with Crippen LogP contribution < -0.4 is 10.6 Å². The maximum atomic E-state index is 13.5. The molecule has 1 heterocycles. The van der Waals surface area contributed by atoms with Crippen LogP contribution in [0.3, 0.4) is 0 Å². The van der Waals surface area contributed by atoms with Crippen molar-refractivity contribution < 1.29 is 4.39 Å². The minimum Gasteiger partial charge on any atom is -0.356 e. The Balaban J connectivity index is 1.71. The summed E-state index contributed by atoms with van der Waals surface area (Å²) in [5, 5.41) is 8.62. The summed E-state index contributed by atoms with van der Waals surface area (Å²) in [6.07, 6.45) is 0. The first-order chi connectivity index (χ1) is 10.7. The second kappa shape index (κ2) is 8.80. The van der Waals surface area contributed by atoms with Gasteiger partial charge in [-0.2, -0.15) is 0 Å². The molecule has 22 heavy (non-hydrogen) atoms. The fraction of sp³-hybridized carbons (Fsp3) is 0.312. The van der Waals surface area contributed by atoms with Crippen molar-refractivity contribution in [3.8, 4) is 0 Å². The minimum atomic E-state index is -0.164. The summed E-state index contributed by atoms with van der Waals surface area (Å²) < 4.78 is 13.5. The lowest BCUT2D eigenvalue weighted by atomic mass is 10.3. The summed E-state index contributed by atoms with van der Waals surface area (Å²) in [7, 11) is 1.75. The number of guanidine groups is 1. The molecule has 0 unspecified atom stereocenters. The Bertz CT molecular complexity index is 625. The van der Waals surface area contributed by atoms with Gasteiger partial charge in [-0.05, 0) is 36.1 Å². The average molecular weight is 337 g/mol. The predicted molar refractivity (Wildman–Crippen MR) is 94.4 cm³/mol. The molecule has 2 N–H and O–H groups in total. The Kier molecular flexibility index (Phi) is 6.74. The van der Waals surface area contributed by atoms with Gasteiger partial charge < -0.3 is 10.6 Å². The SMILES string of the molecule is CN=C(NCCSc1ccccc1F)NCc1sccc1C. The largest absolute Gasteiger partial charge is 0.356 e. The first kappa shape index (κ1) is 16.8. The molecular formula is C16H20FN3S2. The van der Waals surface area contributed by atoms with E-state index in [0.717, 1.165) is 24.8 Å². The second-order valence-corrected chi connectivity index (χ2v) is 6.80. The van der Waals surface area contributed by atoms with Crippen LogP contribution in [0, 0.1) is 12.7 Å². The Hall–Kier alpha value is -1.53. The quantitative estimate of drug-likeness (QED) is 0.366. The van der Waals surface area contributed by atoms with Gasteiger partial charge in [-0.3, -0.25) is 4.99 Å². The van der Waals surface area contributed by atoms with Crippen molar-refractivity contribution in [3.63, 3.8) is 0 Å². The van der Waals surface area contributed by atoms with Crippen LogP contribution in [0.5, 0.6) is 0 Å². The van der Waals surface area contributed by atoms with Gasteiger partial charge in [0.2, 0.25) is 0 Å². The molecule has 0 radical (unpaired) electrons. The van der Waals surface area contributed by atoms with Crippen molar-refractivity contribution in [1.29, 1.82) is 0 Å². The first-order valence-electron chi connectivity index (χ1n) is 7.05. The Morgan fingerprint density at radius 3 is 2.77 bits per heavy atom. The minimum absolute atomic E-state index is 0.164. The molecule has 0 aliphatic rings. The van der Waals surface area contributed by atoms with Crippen molar-refractivity contribution in [3.05, 3.63) is 52.0 Å². The zero-order valence-electron chi connectivity index (χ0n) is 12.7. The molecule has 2 aromatic rings. The monoisotopic (exact) mass is 337 g/mol. The van der Waals surface area contributed by atoms with Gasteiger partial charge in [0.05, 0.1) is 6.54 Å². The highest BCUT2D eigenvalue weighted by molar-refractivity contribution is 7.99. The maximum absolute atomic E-state index is 13.5. The van der Waals surface area contributed by atoms with Gasteiger partial charge in [0, 0.05) is 29.1 Å². The van der Waals surface area contributed by atoms with E-state index in [0.29, 0.717) is 4.90 Å². The smallest absolute Gasteiger partial charge is 0.191 e. The van der Waals surface area contributed by atoms with Crippen LogP contribution in [0.4, 0.5) is 4.39 Å². The number of aliphatic imine (C=N–C) groups is 1. The molecule has 0 spiro atoms. The average Bonchev–Trinajstić information content (AvgIpc) is 2.93. The Labute approximate surface area is 139 Å². The van der Waals surface area contributed by atoms with E-state index in [1.165, 1.54) is 28.3 Å². The number of nitrogens with one attached hydrogen (secondary N) is 2. The summed E-state index contributed by atoms with van der Waals surface area (Å²) in [6.45, 7) is 3.60. The third-order valence-corrected chi connectivity index (χ3v) is 5.17. The fourth-order valence-electron chi connectivity index (χ4n) is 1.86. The molecule has 0 fully saturated rings. The van der Waals surface area contributed by atoms with Gasteiger partial charge in [-0.15, -0.1) is 23.1 Å². The normalized spacial score (nSPS) is 11.5. The first-order valence-corrected chi connectivity index (χ1v) is 8.92. The van der Waals surface area contributed by atoms with Gasteiger partial charge in [0.25, 0.3) is 0 Å². The topological polar surface area (TPSA) is 36.4 Å². The summed E-state index contributed by atoms with van der Waals surface area (Å²) in [5.74, 6) is 1.38. The van der Waals surface area contributed by atoms with Crippen molar-refractivity contribution in [2.45, 2.75) is 18.4 Å². The predicted octanol–water partition coefficient (Wildman–Crippen LogP) is 3.65. The molecule has 0 saturated carbocycles. The van der Waals surface area contributed by atoms with E-state index < -0.39 is 0 Å². The number of thioether (sulfide) groups is 1. The standard InChI is InChI=1S/C16H20FN3S2/c1-12-7-9-21-15(12)11-20-16(18-2)19-8-10-22-14-6-4-3-5-13(14)17/h3-7,9H,8,10-11H2,1-2H3,(H2,18,19,20). The lowest BCUT2D eigenvalue weighted by Gasteiger charge is -2.11. The molecule has 3 nitrogen and oxygen atoms in total. The van der Waals surface area contributed by atoms with Crippen molar-refractivity contribution in [1.82, 2.24) is 10.6 Å². The zero-order chi connectivity index (χ0) is 15.8. The summed E-state index contributed by atoms with van der Waals surface area (Å²) in [5.41, 5.74) is 1.29. The number of rotatable bonds is 6. The Morgan fingerprint density at radius 1 is 1.27 bits per heavy atom. The maximum Gasteiger partial charge on any atom is 0.191 e. The summed E-state index contributed by atoms with van der Waals surface area (Å²) in [4.78, 5) is 6.19. The van der Waals surface area contributed by atoms with Crippen LogP contribution in [0.15, 0.2) is 45.6 Å². The number of halogens is 1. The highest BCUT2D eigenvalue weighted by atomic mass is 32.2. The van der Waals surface area contributed by atoms with E-state index in [1.54, 1.807) is 30.5 Å². The molecule has 118 valence electrons. The molecule has 2 rings (SSSR count). The number of thiophene rings is 1. The third-order valence-electron chi connectivity index (χ3n) is 3.10. The van der Waals surface area contributed by atoms with E-state index >= 15 is 0 Å². The van der Waals surface area contributed by atoms with Crippen LogP contribution in [0.2, 0.25) is 0 Å². The highest BCUT2D eigenvalue weighted by Gasteiger charge is 2.03. The van der Waals surface area contributed by atoms with E-state index in [-0.39, 0.29) is 5.82 Å².